The summed E-state index contributed by atoms with van der Waals surface area (Å²) in [5, 5.41) is 31.0. The van der Waals surface area contributed by atoms with E-state index in [1.807, 2.05) is 0 Å². The van der Waals surface area contributed by atoms with Crippen LogP contribution in [0.5, 0.6) is 11.5 Å². The lowest BCUT2D eigenvalue weighted by Crippen LogP contribution is -2.41. The lowest BCUT2D eigenvalue weighted by molar-refractivity contribution is -0.132. The van der Waals surface area contributed by atoms with Crippen LogP contribution in [0, 0.1) is 17.1 Å². The Balaban J connectivity index is 1.83. The SMILES string of the molecule is COc1ccc(CN2C(=O)C(O)(c3cc(C#N)c(F)cc3O)c3ccccc32)cc1. The van der Waals surface area contributed by atoms with Crippen LogP contribution in [0.2, 0.25) is 0 Å². The first kappa shape index (κ1) is 19.4. The first-order chi connectivity index (χ1) is 14.4. The molecule has 1 aliphatic heterocycles. The van der Waals surface area contributed by atoms with Crippen molar-refractivity contribution in [2.45, 2.75) is 12.1 Å². The monoisotopic (exact) mass is 404 g/mol. The predicted molar refractivity (Wildman–Crippen MR) is 106 cm³/mol. The van der Waals surface area contributed by atoms with Crippen molar-refractivity contribution in [3.05, 3.63) is 88.7 Å². The number of halogens is 1. The van der Waals surface area contributed by atoms with Crippen LogP contribution in [0.1, 0.15) is 22.3 Å². The van der Waals surface area contributed by atoms with Crippen LogP contribution >= 0.6 is 0 Å². The number of hydrogen-bond donors (Lipinski definition) is 2. The molecule has 0 aromatic heterocycles. The van der Waals surface area contributed by atoms with Gasteiger partial charge in [0.25, 0.3) is 5.91 Å². The summed E-state index contributed by atoms with van der Waals surface area (Å²) in [5.74, 6) is -1.58. The average Bonchev–Trinajstić information content (AvgIpc) is 2.97. The standard InChI is InChI=1S/C23H17FN2O4/c1-30-16-8-6-14(7-9-16)13-26-20-5-3-2-4-17(20)23(29,22(26)28)18-10-15(12-25)19(24)11-21(18)27/h2-11,27,29H,13H2,1H3. The predicted octanol–water partition coefficient (Wildman–Crippen LogP) is 3.19. The van der Waals surface area contributed by atoms with Crippen molar-refractivity contribution in [1.29, 1.82) is 5.26 Å². The summed E-state index contributed by atoms with van der Waals surface area (Å²) in [7, 11) is 1.56. The van der Waals surface area contributed by atoms with Crippen molar-refractivity contribution < 1.29 is 24.1 Å². The maximum atomic E-state index is 13.9. The molecule has 0 bridgehead atoms. The average molecular weight is 404 g/mol. The number of phenolic OH excluding ortho intramolecular Hbond substituents is 1. The Morgan fingerprint density at radius 3 is 2.50 bits per heavy atom. The summed E-state index contributed by atoms with van der Waals surface area (Å²) in [4.78, 5) is 14.8. The molecule has 1 atom stereocenters. The molecule has 1 heterocycles. The van der Waals surface area contributed by atoms with E-state index in [2.05, 4.69) is 0 Å². The number of ether oxygens (including phenoxy) is 1. The number of fused-ring (bicyclic) bond motifs is 1. The molecule has 1 amide bonds. The molecule has 0 saturated carbocycles. The smallest absolute Gasteiger partial charge is 0.268 e. The number of phenols is 1. The van der Waals surface area contributed by atoms with Crippen LogP contribution in [0.25, 0.3) is 0 Å². The molecule has 0 fully saturated rings. The molecule has 3 aromatic rings. The van der Waals surface area contributed by atoms with E-state index in [4.69, 9.17) is 10.00 Å². The van der Waals surface area contributed by atoms with Crippen molar-refractivity contribution in [3.63, 3.8) is 0 Å². The van der Waals surface area contributed by atoms with E-state index < -0.39 is 23.1 Å². The molecular weight excluding hydrogens is 387 g/mol. The van der Waals surface area contributed by atoms with Gasteiger partial charge in [-0.3, -0.25) is 4.79 Å². The summed E-state index contributed by atoms with van der Waals surface area (Å²) >= 11 is 0. The Morgan fingerprint density at radius 1 is 1.13 bits per heavy atom. The highest BCUT2D eigenvalue weighted by molar-refractivity contribution is 6.09. The van der Waals surface area contributed by atoms with Gasteiger partial charge in [0.2, 0.25) is 0 Å². The summed E-state index contributed by atoms with van der Waals surface area (Å²) < 4.78 is 19.0. The normalized spacial score (nSPS) is 17.5. The number of nitriles is 1. The van der Waals surface area contributed by atoms with Gasteiger partial charge in [-0.25, -0.2) is 4.39 Å². The van der Waals surface area contributed by atoms with E-state index in [1.54, 1.807) is 61.7 Å². The third kappa shape index (κ3) is 2.86. The van der Waals surface area contributed by atoms with Gasteiger partial charge in [0.05, 0.1) is 24.9 Å². The zero-order valence-corrected chi connectivity index (χ0v) is 16.0. The van der Waals surface area contributed by atoms with E-state index in [-0.39, 0.29) is 23.2 Å². The minimum Gasteiger partial charge on any atom is -0.507 e. The number of amides is 1. The lowest BCUT2D eigenvalue weighted by atomic mass is 9.86. The van der Waals surface area contributed by atoms with Gasteiger partial charge in [-0.1, -0.05) is 30.3 Å². The molecule has 0 aliphatic carbocycles. The van der Waals surface area contributed by atoms with Crippen LogP contribution in [0.15, 0.2) is 60.7 Å². The first-order valence-corrected chi connectivity index (χ1v) is 9.10. The molecule has 3 aromatic carbocycles. The number of rotatable bonds is 4. The van der Waals surface area contributed by atoms with Gasteiger partial charge in [0.1, 0.15) is 23.4 Å². The molecule has 0 spiro atoms. The number of anilines is 1. The molecule has 6 nitrogen and oxygen atoms in total. The number of para-hydroxylation sites is 1. The molecule has 0 saturated heterocycles. The van der Waals surface area contributed by atoms with Crippen LogP contribution in [-0.2, 0) is 16.9 Å². The van der Waals surface area contributed by atoms with E-state index >= 15 is 0 Å². The van der Waals surface area contributed by atoms with Gasteiger partial charge in [0.15, 0.2) is 5.60 Å². The topological polar surface area (TPSA) is 93.8 Å². The number of carbonyl (C=O) groups excluding carboxylic acids is 1. The summed E-state index contributed by atoms with van der Waals surface area (Å²) in [6, 6.07) is 17.2. The number of aromatic hydroxyl groups is 1. The largest absolute Gasteiger partial charge is 0.507 e. The summed E-state index contributed by atoms with van der Waals surface area (Å²) in [5.41, 5.74) is -1.38. The fourth-order valence-corrected chi connectivity index (χ4v) is 3.70. The van der Waals surface area contributed by atoms with Gasteiger partial charge >= 0.3 is 0 Å². The Bertz CT molecular complexity index is 1190. The summed E-state index contributed by atoms with van der Waals surface area (Å²) in [6.07, 6.45) is 0. The molecule has 1 aliphatic rings. The van der Waals surface area contributed by atoms with Crippen LogP contribution in [0.4, 0.5) is 10.1 Å². The number of methoxy groups -OCH3 is 1. The van der Waals surface area contributed by atoms with Gasteiger partial charge < -0.3 is 19.8 Å². The van der Waals surface area contributed by atoms with E-state index in [1.165, 1.54) is 4.90 Å². The van der Waals surface area contributed by atoms with Crippen LogP contribution in [0.3, 0.4) is 0 Å². The molecule has 0 radical (unpaired) electrons. The minimum atomic E-state index is -2.26. The maximum Gasteiger partial charge on any atom is 0.268 e. The second-order valence-corrected chi connectivity index (χ2v) is 6.93. The molecule has 4 rings (SSSR count). The highest BCUT2D eigenvalue weighted by Crippen LogP contribution is 2.47. The molecule has 30 heavy (non-hydrogen) atoms. The molecule has 7 heteroatoms. The quantitative estimate of drug-likeness (QED) is 0.697. The fourth-order valence-electron chi connectivity index (χ4n) is 3.70. The zero-order valence-electron chi connectivity index (χ0n) is 16.0. The highest BCUT2D eigenvalue weighted by atomic mass is 19.1. The third-order valence-corrected chi connectivity index (χ3v) is 5.23. The highest BCUT2D eigenvalue weighted by Gasteiger charge is 2.52. The summed E-state index contributed by atoms with van der Waals surface area (Å²) in [6.45, 7) is 0.162. The zero-order chi connectivity index (χ0) is 21.5. The lowest BCUT2D eigenvalue weighted by Gasteiger charge is -2.25. The molecule has 2 N–H and O–H groups in total. The third-order valence-electron chi connectivity index (χ3n) is 5.23. The molecule has 1 unspecified atom stereocenters. The van der Waals surface area contributed by atoms with Gasteiger partial charge in [-0.15, -0.1) is 0 Å². The van der Waals surface area contributed by atoms with Gasteiger partial charge in [-0.05, 0) is 29.8 Å². The second kappa shape index (κ2) is 7.17. The van der Waals surface area contributed by atoms with Crippen molar-refractivity contribution in [2.75, 3.05) is 12.0 Å². The van der Waals surface area contributed by atoms with Crippen LogP contribution in [-0.4, -0.2) is 23.2 Å². The number of aliphatic hydroxyl groups is 1. The van der Waals surface area contributed by atoms with Crippen molar-refractivity contribution >= 4 is 11.6 Å². The van der Waals surface area contributed by atoms with Crippen LogP contribution < -0.4 is 9.64 Å². The van der Waals surface area contributed by atoms with E-state index in [0.717, 1.165) is 17.7 Å². The van der Waals surface area contributed by atoms with Gasteiger partial charge in [-0.2, -0.15) is 5.26 Å². The second-order valence-electron chi connectivity index (χ2n) is 6.93. The van der Waals surface area contributed by atoms with E-state index in [9.17, 15) is 19.4 Å². The van der Waals surface area contributed by atoms with Gasteiger partial charge in [0, 0.05) is 17.2 Å². The van der Waals surface area contributed by atoms with Crippen molar-refractivity contribution in [1.82, 2.24) is 0 Å². The molecular formula is C23H17FN2O4. The number of nitrogens with zero attached hydrogens (tertiary/aromatic N) is 2. The minimum absolute atomic E-state index is 0.162. The van der Waals surface area contributed by atoms with Crippen molar-refractivity contribution in [2.24, 2.45) is 0 Å². The Hall–Kier alpha value is -3.89. The maximum absolute atomic E-state index is 13.9. The van der Waals surface area contributed by atoms with Crippen molar-refractivity contribution in [3.8, 4) is 17.6 Å². The Morgan fingerprint density at radius 2 is 1.83 bits per heavy atom. The molecule has 150 valence electrons. The first-order valence-electron chi connectivity index (χ1n) is 9.10. The Labute approximate surface area is 172 Å². The number of carbonyl (C=O) groups is 1. The van der Waals surface area contributed by atoms with E-state index in [0.29, 0.717) is 11.4 Å². The fraction of sp³-hybridized carbons (Fsp3) is 0.130. The number of hydrogen-bond acceptors (Lipinski definition) is 5. The number of benzene rings is 3. The Kier molecular flexibility index (Phi) is 4.65.